The van der Waals surface area contributed by atoms with Crippen molar-refractivity contribution < 1.29 is 64.1 Å². The van der Waals surface area contributed by atoms with Gasteiger partial charge in [-0.1, -0.05) is 0 Å². The van der Waals surface area contributed by atoms with Gasteiger partial charge in [0.25, 0.3) is 0 Å². The van der Waals surface area contributed by atoms with Crippen molar-refractivity contribution >= 4 is 17.8 Å². The first kappa shape index (κ1) is 28.5. The van der Waals surface area contributed by atoms with Gasteiger partial charge in [-0.15, -0.1) is 0 Å². The quantitative estimate of drug-likeness (QED) is 0.519. The number of primary amides is 1. The molecule has 0 radical (unpaired) electrons. The maximum Gasteiger partial charge on any atom is 0.490 e. The fraction of sp³-hybridized carbons (Fsp3) is 0.700. The summed E-state index contributed by atoms with van der Waals surface area (Å²) in [5, 5.41) is 14.2. The molecule has 0 aromatic carbocycles. The Labute approximate surface area is 138 Å². The summed E-state index contributed by atoms with van der Waals surface area (Å²) >= 11 is 0. The lowest BCUT2D eigenvalue weighted by Gasteiger charge is -2.10. The molecule has 0 heterocycles. The molecule has 0 aliphatic rings. The summed E-state index contributed by atoms with van der Waals surface area (Å²) in [6.45, 7) is 0. The Kier molecular flexibility index (Phi) is 12.5. The number of amides is 1. The number of hydrogen-bond donors (Lipinski definition) is 4. The number of rotatable bonds is 4. The maximum absolute atomic E-state index is 11.6. The first-order chi connectivity index (χ1) is 11.2. The van der Waals surface area contributed by atoms with Crippen LogP contribution >= 0.6 is 0 Å². The van der Waals surface area contributed by atoms with E-state index in [4.69, 9.17) is 31.3 Å². The average Bonchev–Trinajstić information content (AvgIpc) is 2.34. The molecule has 0 saturated heterocycles. The number of halogens is 9. The van der Waals surface area contributed by atoms with Crippen molar-refractivity contribution in [2.24, 2.45) is 11.5 Å². The van der Waals surface area contributed by atoms with Crippen LogP contribution in [0.2, 0.25) is 0 Å². The normalized spacial score (nSPS) is 12.7. The Bertz CT molecular complexity index is 435. The number of carboxylic acids is 2. The van der Waals surface area contributed by atoms with Gasteiger partial charge in [-0.2, -0.15) is 39.5 Å². The minimum Gasteiger partial charge on any atom is -0.475 e. The number of nitrogens with two attached hydrogens (primary N) is 2. The van der Waals surface area contributed by atoms with E-state index in [-0.39, 0.29) is 12.8 Å². The van der Waals surface area contributed by atoms with Gasteiger partial charge in [-0.05, 0) is 6.42 Å². The van der Waals surface area contributed by atoms with Gasteiger partial charge in [-0.25, -0.2) is 9.59 Å². The van der Waals surface area contributed by atoms with Crippen molar-refractivity contribution in [3.05, 3.63) is 0 Å². The molecule has 0 aliphatic heterocycles. The minimum atomic E-state index is -5.08. The lowest BCUT2D eigenvalue weighted by Crippen LogP contribution is -2.28. The molecule has 16 heteroatoms. The van der Waals surface area contributed by atoms with E-state index in [1.165, 1.54) is 0 Å². The van der Waals surface area contributed by atoms with E-state index >= 15 is 0 Å². The Balaban J connectivity index is -0.000000326. The van der Waals surface area contributed by atoms with E-state index in [1.807, 2.05) is 0 Å². The third-order valence-corrected chi connectivity index (χ3v) is 1.75. The number of hydrogen-bond acceptors (Lipinski definition) is 4. The second-order valence-electron chi connectivity index (χ2n) is 4.19. The Morgan fingerprint density at radius 3 is 1.23 bits per heavy atom. The van der Waals surface area contributed by atoms with Crippen LogP contribution in [0.4, 0.5) is 39.5 Å². The highest BCUT2D eigenvalue weighted by Gasteiger charge is 2.38. The van der Waals surface area contributed by atoms with Gasteiger partial charge in [0, 0.05) is 18.9 Å². The van der Waals surface area contributed by atoms with Gasteiger partial charge >= 0.3 is 30.5 Å². The predicted octanol–water partition coefficient (Wildman–Crippen LogP) is 1.80. The summed E-state index contributed by atoms with van der Waals surface area (Å²) in [5.74, 6) is -6.19. The zero-order chi connectivity index (χ0) is 21.9. The molecular weight excluding hydrogens is 399 g/mol. The first-order valence-corrected chi connectivity index (χ1v) is 5.91. The molecule has 0 saturated carbocycles. The van der Waals surface area contributed by atoms with Crippen LogP contribution < -0.4 is 11.5 Å². The third-order valence-electron chi connectivity index (χ3n) is 1.75. The number of aliphatic carboxylic acids is 2. The highest BCUT2D eigenvalue weighted by atomic mass is 19.4. The fourth-order valence-corrected chi connectivity index (χ4v) is 0.710. The molecule has 156 valence electrons. The van der Waals surface area contributed by atoms with E-state index in [0.717, 1.165) is 0 Å². The molecule has 0 bridgehead atoms. The van der Waals surface area contributed by atoms with Crippen LogP contribution in [0.3, 0.4) is 0 Å². The van der Waals surface area contributed by atoms with E-state index in [1.54, 1.807) is 0 Å². The van der Waals surface area contributed by atoms with Crippen molar-refractivity contribution in [3.63, 3.8) is 0 Å². The molecule has 1 amide bonds. The number of alkyl halides is 9. The molecular formula is C10H13F9N2O5. The van der Waals surface area contributed by atoms with E-state index in [2.05, 4.69) is 0 Å². The summed E-state index contributed by atoms with van der Waals surface area (Å²) in [7, 11) is 0. The smallest absolute Gasteiger partial charge is 0.475 e. The lowest BCUT2D eigenvalue weighted by atomic mass is 10.1. The van der Waals surface area contributed by atoms with Crippen LogP contribution in [-0.4, -0.2) is 52.6 Å². The average molecular weight is 412 g/mol. The van der Waals surface area contributed by atoms with Gasteiger partial charge in [0.05, 0.1) is 0 Å². The third kappa shape index (κ3) is 24.0. The summed E-state index contributed by atoms with van der Waals surface area (Å²) in [4.78, 5) is 28.0. The molecule has 0 aromatic heterocycles. The standard InChI is InChI=1S/C6H11F3N2O.2C2HF3O2/c7-6(8,9)2-1-4(10)3-5(11)12;2*3-2(4,5)1(6)7/h4H,1-3,10H2,(H2,11,12);2*(H,6,7). The molecule has 1 atom stereocenters. The van der Waals surface area contributed by atoms with E-state index in [0.29, 0.717) is 0 Å². The van der Waals surface area contributed by atoms with Gasteiger partial charge in [0.1, 0.15) is 0 Å². The summed E-state index contributed by atoms with van der Waals surface area (Å²) in [6, 6.07) is -0.788. The van der Waals surface area contributed by atoms with Crippen LogP contribution in [0.1, 0.15) is 19.3 Å². The number of carboxylic acid groups (broad SMARTS) is 2. The van der Waals surface area contributed by atoms with Gasteiger partial charge in [-0.3, -0.25) is 4.79 Å². The zero-order valence-corrected chi connectivity index (χ0v) is 12.4. The lowest BCUT2D eigenvalue weighted by molar-refractivity contribution is -0.193. The molecule has 0 fully saturated rings. The molecule has 0 aromatic rings. The van der Waals surface area contributed by atoms with Gasteiger partial charge in [0.2, 0.25) is 5.91 Å². The second kappa shape index (κ2) is 11.4. The topological polar surface area (TPSA) is 144 Å². The van der Waals surface area contributed by atoms with Crippen LogP contribution in [-0.2, 0) is 14.4 Å². The molecule has 26 heavy (non-hydrogen) atoms. The summed E-state index contributed by atoms with van der Waals surface area (Å²) < 4.78 is 98.2. The van der Waals surface area contributed by atoms with Crippen LogP contribution in [0.5, 0.6) is 0 Å². The van der Waals surface area contributed by atoms with Crippen molar-refractivity contribution in [2.45, 2.75) is 43.8 Å². The Hall–Kier alpha value is -2.26. The van der Waals surface area contributed by atoms with Crippen molar-refractivity contribution in [2.75, 3.05) is 0 Å². The Morgan fingerprint density at radius 1 is 0.808 bits per heavy atom. The molecule has 0 aliphatic carbocycles. The SMILES string of the molecule is NC(=O)CC(N)CCC(F)(F)F.O=C(O)C(F)(F)F.O=C(O)C(F)(F)F. The largest absolute Gasteiger partial charge is 0.490 e. The summed E-state index contributed by atoms with van der Waals surface area (Å²) in [5.41, 5.74) is 9.91. The molecule has 7 nitrogen and oxygen atoms in total. The zero-order valence-electron chi connectivity index (χ0n) is 12.4. The Morgan fingerprint density at radius 2 is 1.08 bits per heavy atom. The first-order valence-electron chi connectivity index (χ1n) is 5.91. The van der Waals surface area contributed by atoms with Crippen LogP contribution in [0.25, 0.3) is 0 Å². The van der Waals surface area contributed by atoms with Crippen molar-refractivity contribution in [1.82, 2.24) is 0 Å². The van der Waals surface area contributed by atoms with Crippen LogP contribution in [0, 0.1) is 0 Å². The van der Waals surface area contributed by atoms with Crippen molar-refractivity contribution in [3.8, 4) is 0 Å². The van der Waals surface area contributed by atoms with Gasteiger partial charge in [0.15, 0.2) is 0 Å². The number of carbonyl (C=O) groups excluding carboxylic acids is 1. The van der Waals surface area contributed by atoms with E-state index < -0.39 is 48.8 Å². The molecule has 0 rings (SSSR count). The second-order valence-corrected chi connectivity index (χ2v) is 4.19. The van der Waals surface area contributed by atoms with E-state index in [9.17, 15) is 44.3 Å². The molecule has 0 spiro atoms. The summed E-state index contributed by atoms with van der Waals surface area (Å²) in [6.07, 6.45) is -15.8. The number of carbonyl (C=O) groups is 3. The van der Waals surface area contributed by atoms with Crippen molar-refractivity contribution in [1.29, 1.82) is 0 Å². The van der Waals surface area contributed by atoms with Crippen LogP contribution in [0.15, 0.2) is 0 Å². The van der Waals surface area contributed by atoms with Gasteiger partial charge < -0.3 is 21.7 Å². The monoisotopic (exact) mass is 412 g/mol. The fourth-order valence-electron chi connectivity index (χ4n) is 0.710. The predicted molar refractivity (Wildman–Crippen MR) is 64.5 cm³/mol. The maximum atomic E-state index is 11.6. The highest BCUT2D eigenvalue weighted by Crippen LogP contribution is 2.22. The minimum absolute atomic E-state index is 0.198. The molecule has 1 unspecified atom stereocenters. The highest BCUT2D eigenvalue weighted by molar-refractivity contribution is 5.74. The molecule has 6 N–H and O–H groups in total.